The number of aryl methyl sites for hydroxylation is 3. The first-order chi connectivity index (χ1) is 14.0. The van der Waals surface area contributed by atoms with Crippen LogP contribution in [0.2, 0.25) is 0 Å². The van der Waals surface area contributed by atoms with Crippen molar-refractivity contribution in [3.05, 3.63) is 58.9 Å². The lowest BCUT2D eigenvalue weighted by atomic mass is 10.0. The highest BCUT2D eigenvalue weighted by Gasteiger charge is 2.36. The lowest BCUT2D eigenvalue weighted by molar-refractivity contribution is -0.117. The number of fused-ring (bicyclic) bond motifs is 1. The molecule has 0 radical (unpaired) electrons. The maximum Gasteiger partial charge on any atom is 0.279 e. The van der Waals surface area contributed by atoms with Gasteiger partial charge in [-0.25, -0.2) is 0 Å². The van der Waals surface area contributed by atoms with E-state index in [2.05, 4.69) is 39.4 Å². The third-order valence-corrected chi connectivity index (χ3v) is 5.51. The molecule has 0 spiro atoms. The maximum atomic E-state index is 12.8. The molecule has 3 heterocycles. The summed E-state index contributed by atoms with van der Waals surface area (Å²) in [4.78, 5) is 19.2. The number of hydrogen-bond donors (Lipinski definition) is 1. The minimum Gasteiger partial charge on any atom is -0.332 e. The number of carbonyl (C=O) groups is 1. The Morgan fingerprint density at radius 2 is 1.90 bits per heavy atom. The van der Waals surface area contributed by atoms with Gasteiger partial charge in [-0.05, 0) is 38.0 Å². The summed E-state index contributed by atoms with van der Waals surface area (Å²) in [6.07, 6.45) is 0.368. The minimum absolute atomic E-state index is 0.0848. The van der Waals surface area contributed by atoms with Crippen molar-refractivity contribution >= 4 is 22.5 Å². The Labute approximate surface area is 167 Å². The van der Waals surface area contributed by atoms with Gasteiger partial charge in [-0.15, -0.1) is 0 Å². The molecule has 1 amide bonds. The first-order valence-electron chi connectivity index (χ1n) is 9.66. The van der Waals surface area contributed by atoms with E-state index in [0.29, 0.717) is 30.4 Å². The van der Waals surface area contributed by atoms with Gasteiger partial charge in [0.25, 0.3) is 5.89 Å². The number of amides is 1. The van der Waals surface area contributed by atoms with Crippen molar-refractivity contribution in [3.63, 3.8) is 0 Å². The van der Waals surface area contributed by atoms with Crippen LogP contribution in [0.25, 0.3) is 22.5 Å². The van der Waals surface area contributed by atoms with Crippen LogP contribution in [0.4, 0.5) is 5.69 Å². The number of aromatic nitrogens is 4. The quantitative estimate of drug-likeness (QED) is 0.573. The number of anilines is 1. The SMILES string of the molecule is Cc1cc(C)c(N2CC(c3noc(-c4n[nH]c5ccccc45)n3)CC2=O)c(C)c1. The molecule has 1 atom stereocenters. The van der Waals surface area contributed by atoms with Crippen LogP contribution in [-0.2, 0) is 4.79 Å². The average molecular weight is 387 g/mol. The van der Waals surface area contributed by atoms with Crippen LogP contribution in [0.15, 0.2) is 40.9 Å². The number of rotatable bonds is 3. The van der Waals surface area contributed by atoms with E-state index in [9.17, 15) is 4.79 Å². The van der Waals surface area contributed by atoms with Crippen LogP contribution in [-0.4, -0.2) is 32.8 Å². The molecule has 0 bridgehead atoms. The summed E-state index contributed by atoms with van der Waals surface area (Å²) < 4.78 is 5.50. The van der Waals surface area contributed by atoms with Gasteiger partial charge in [-0.1, -0.05) is 41.1 Å². The minimum atomic E-state index is -0.106. The van der Waals surface area contributed by atoms with Crippen LogP contribution >= 0.6 is 0 Å². The molecule has 1 aliphatic rings. The highest BCUT2D eigenvalue weighted by atomic mass is 16.5. The second-order valence-electron chi connectivity index (χ2n) is 7.73. The standard InChI is InChI=1S/C22H21N5O2/c1-12-8-13(2)20(14(3)9-12)27-11-15(10-18(27)28)21-23-22(29-26-21)19-16-6-4-5-7-17(16)24-25-19/h4-9,15H,10-11H2,1-3H3,(H,24,25). The number of hydrogen-bond acceptors (Lipinski definition) is 5. The number of aromatic amines is 1. The molecule has 1 unspecified atom stereocenters. The van der Waals surface area contributed by atoms with E-state index in [-0.39, 0.29) is 11.8 Å². The summed E-state index contributed by atoms with van der Waals surface area (Å²) in [5, 5.41) is 12.4. The van der Waals surface area contributed by atoms with Crippen molar-refractivity contribution in [1.29, 1.82) is 0 Å². The lowest BCUT2D eigenvalue weighted by Gasteiger charge is -2.22. The fourth-order valence-electron chi connectivity index (χ4n) is 4.32. The molecule has 1 aliphatic heterocycles. The summed E-state index contributed by atoms with van der Waals surface area (Å²) in [5.74, 6) is 0.892. The smallest absolute Gasteiger partial charge is 0.279 e. The van der Waals surface area contributed by atoms with E-state index >= 15 is 0 Å². The van der Waals surface area contributed by atoms with Crippen molar-refractivity contribution in [1.82, 2.24) is 20.3 Å². The van der Waals surface area contributed by atoms with Gasteiger partial charge in [0.15, 0.2) is 11.5 Å². The van der Waals surface area contributed by atoms with Crippen molar-refractivity contribution < 1.29 is 9.32 Å². The summed E-state index contributed by atoms with van der Waals surface area (Å²) in [5.41, 5.74) is 5.94. The van der Waals surface area contributed by atoms with E-state index < -0.39 is 0 Å². The van der Waals surface area contributed by atoms with Gasteiger partial charge < -0.3 is 9.42 Å². The fourth-order valence-corrected chi connectivity index (χ4v) is 4.32. The first-order valence-corrected chi connectivity index (χ1v) is 9.66. The van der Waals surface area contributed by atoms with E-state index in [4.69, 9.17) is 4.52 Å². The van der Waals surface area contributed by atoms with E-state index in [1.807, 2.05) is 43.0 Å². The van der Waals surface area contributed by atoms with E-state index in [1.54, 1.807) is 0 Å². The Hall–Kier alpha value is -3.48. The van der Waals surface area contributed by atoms with Crippen LogP contribution in [0.1, 0.15) is 34.9 Å². The molecule has 0 saturated carbocycles. The molecule has 0 aliphatic carbocycles. The van der Waals surface area contributed by atoms with Gasteiger partial charge in [-0.2, -0.15) is 10.1 Å². The number of para-hydroxylation sites is 1. The molecule has 4 aromatic rings. The molecule has 7 heteroatoms. The predicted molar refractivity (Wildman–Crippen MR) is 110 cm³/mol. The Morgan fingerprint density at radius 3 is 2.69 bits per heavy atom. The summed E-state index contributed by atoms with van der Waals surface area (Å²) in [6, 6.07) is 12.0. The normalized spacial score (nSPS) is 16.9. The van der Waals surface area contributed by atoms with Gasteiger partial charge in [0.05, 0.1) is 5.52 Å². The van der Waals surface area contributed by atoms with Gasteiger partial charge in [0.1, 0.15) is 0 Å². The van der Waals surface area contributed by atoms with Crippen LogP contribution in [0.5, 0.6) is 0 Å². The molecule has 2 aromatic heterocycles. The number of carbonyl (C=O) groups excluding carboxylic acids is 1. The van der Waals surface area contributed by atoms with E-state index in [1.165, 1.54) is 5.56 Å². The van der Waals surface area contributed by atoms with Crippen molar-refractivity contribution in [2.75, 3.05) is 11.4 Å². The zero-order valence-electron chi connectivity index (χ0n) is 16.6. The van der Waals surface area contributed by atoms with Crippen molar-refractivity contribution in [3.8, 4) is 11.6 Å². The summed E-state index contributed by atoms with van der Waals surface area (Å²) in [7, 11) is 0. The van der Waals surface area contributed by atoms with Gasteiger partial charge in [-0.3, -0.25) is 9.89 Å². The van der Waals surface area contributed by atoms with Crippen molar-refractivity contribution in [2.45, 2.75) is 33.1 Å². The van der Waals surface area contributed by atoms with Gasteiger partial charge in [0.2, 0.25) is 5.91 Å². The monoisotopic (exact) mass is 387 g/mol. The van der Waals surface area contributed by atoms with Crippen molar-refractivity contribution in [2.24, 2.45) is 0 Å². The highest BCUT2D eigenvalue weighted by molar-refractivity contribution is 5.98. The third kappa shape index (κ3) is 2.90. The molecule has 1 N–H and O–H groups in total. The topological polar surface area (TPSA) is 87.9 Å². The Morgan fingerprint density at radius 1 is 1.14 bits per heavy atom. The molecule has 1 fully saturated rings. The fraction of sp³-hybridized carbons (Fsp3) is 0.273. The summed E-state index contributed by atoms with van der Waals surface area (Å²) >= 11 is 0. The molecular weight excluding hydrogens is 366 g/mol. The number of nitrogens with zero attached hydrogens (tertiary/aromatic N) is 4. The highest BCUT2D eigenvalue weighted by Crippen LogP contribution is 2.35. The Kier molecular flexibility index (Phi) is 3.97. The Bertz CT molecular complexity index is 1220. The molecular formula is C22H21N5O2. The second-order valence-corrected chi connectivity index (χ2v) is 7.73. The molecule has 1 saturated heterocycles. The molecule has 2 aromatic carbocycles. The third-order valence-electron chi connectivity index (χ3n) is 5.51. The van der Waals surface area contributed by atoms with Gasteiger partial charge in [0, 0.05) is 30.0 Å². The number of benzene rings is 2. The molecule has 5 rings (SSSR count). The summed E-state index contributed by atoms with van der Waals surface area (Å²) in [6.45, 7) is 6.71. The van der Waals surface area contributed by atoms with Crippen LogP contribution in [0.3, 0.4) is 0 Å². The maximum absolute atomic E-state index is 12.8. The van der Waals surface area contributed by atoms with Crippen LogP contribution < -0.4 is 4.90 Å². The second kappa shape index (κ2) is 6.55. The average Bonchev–Trinajstić information content (AvgIpc) is 3.39. The predicted octanol–water partition coefficient (Wildman–Crippen LogP) is 4.06. The molecule has 29 heavy (non-hydrogen) atoms. The largest absolute Gasteiger partial charge is 0.332 e. The molecule has 7 nitrogen and oxygen atoms in total. The lowest BCUT2D eigenvalue weighted by Crippen LogP contribution is -2.26. The van der Waals surface area contributed by atoms with Gasteiger partial charge >= 0.3 is 0 Å². The first kappa shape index (κ1) is 17.6. The number of nitrogens with one attached hydrogen (secondary N) is 1. The molecule has 146 valence electrons. The zero-order chi connectivity index (χ0) is 20.1. The number of H-pyrrole nitrogens is 1. The zero-order valence-corrected chi connectivity index (χ0v) is 16.6. The van der Waals surface area contributed by atoms with Crippen LogP contribution in [0, 0.1) is 20.8 Å². The van der Waals surface area contributed by atoms with E-state index in [0.717, 1.165) is 27.7 Å². The Balaban J connectivity index is 1.44.